The van der Waals surface area contributed by atoms with Gasteiger partial charge in [0.05, 0.1) is 0 Å². The SMILES string of the molecule is O=CCCCCC#CN1C(=O)OC[C@H]1c1ccccc1. The summed E-state index contributed by atoms with van der Waals surface area (Å²) in [6.45, 7) is 0.336. The summed E-state index contributed by atoms with van der Waals surface area (Å²) in [6.07, 6.45) is 3.48. The average Bonchev–Trinajstić information content (AvgIpc) is 2.85. The van der Waals surface area contributed by atoms with Gasteiger partial charge in [-0.2, -0.15) is 0 Å². The second-order valence-electron chi connectivity index (χ2n) is 4.57. The molecule has 2 rings (SSSR count). The van der Waals surface area contributed by atoms with Crippen molar-refractivity contribution in [2.75, 3.05) is 6.61 Å². The number of benzene rings is 1. The summed E-state index contributed by atoms with van der Waals surface area (Å²) in [5, 5.41) is 0. The summed E-state index contributed by atoms with van der Waals surface area (Å²) >= 11 is 0. The van der Waals surface area contributed by atoms with E-state index in [1.54, 1.807) is 0 Å². The lowest BCUT2D eigenvalue weighted by Crippen LogP contribution is -2.22. The van der Waals surface area contributed by atoms with E-state index >= 15 is 0 Å². The first-order chi connectivity index (χ1) is 9.83. The van der Waals surface area contributed by atoms with Gasteiger partial charge < -0.3 is 9.53 Å². The van der Waals surface area contributed by atoms with E-state index in [1.807, 2.05) is 30.3 Å². The van der Waals surface area contributed by atoms with Gasteiger partial charge in [-0.15, -0.1) is 0 Å². The summed E-state index contributed by atoms with van der Waals surface area (Å²) in [4.78, 5) is 23.3. The third kappa shape index (κ3) is 3.61. The van der Waals surface area contributed by atoms with Gasteiger partial charge in [-0.1, -0.05) is 36.3 Å². The van der Waals surface area contributed by atoms with E-state index in [2.05, 4.69) is 12.0 Å². The molecule has 0 saturated carbocycles. The van der Waals surface area contributed by atoms with Gasteiger partial charge in [-0.3, -0.25) is 0 Å². The maximum Gasteiger partial charge on any atom is 0.422 e. The molecule has 1 aliphatic heterocycles. The molecule has 1 aromatic carbocycles. The molecule has 0 aromatic heterocycles. The van der Waals surface area contributed by atoms with Gasteiger partial charge in [0.25, 0.3) is 0 Å². The van der Waals surface area contributed by atoms with Crippen LogP contribution < -0.4 is 0 Å². The fourth-order valence-electron chi connectivity index (χ4n) is 2.05. The van der Waals surface area contributed by atoms with Crippen LogP contribution in [0.5, 0.6) is 0 Å². The molecular weight excluding hydrogens is 254 g/mol. The van der Waals surface area contributed by atoms with E-state index in [0.29, 0.717) is 19.4 Å². The molecule has 1 aromatic rings. The zero-order valence-corrected chi connectivity index (χ0v) is 11.2. The molecule has 1 aliphatic rings. The standard InChI is InChI=1S/C16H17NO3/c18-12-8-3-1-2-7-11-17-15(13-20-16(17)19)14-9-5-4-6-10-14/h4-6,9-10,12,15H,1-3,8,13H2/t15-/m0/s1. The third-order valence-electron chi connectivity index (χ3n) is 3.13. The number of carbonyl (C=O) groups is 2. The number of hydrogen-bond acceptors (Lipinski definition) is 3. The van der Waals surface area contributed by atoms with E-state index in [4.69, 9.17) is 4.74 Å². The molecule has 1 amide bonds. The van der Waals surface area contributed by atoms with Crippen molar-refractivity contribution in [2.24, 2.45) is 0 Å². The molecule has 0 N–H and O–H groups in total. The van der Waals surface area contributed by atoms with Crippen molar-refractivity contribution in [3.63, 3.8) is 0 Å². The number of rotatable bonds is 5. The Morgan fingerprint density at radius 1 is 1.30 bits per heavy atom. The van der Waals surface area contributed by atoms with Crippen molar-refractivity contribution >= 4 is 12.4 Å². The van der Waals surface area contributed by atoms with E-state index < -0.39 is 0 Å². The molecule has 0 unspecified atom stereocenters. The van der Waals surface area contributed by atoms with Gasteiger partial charge in [-0.05, 0) is 18.4 Å². The maximum atomic E-state index is 11.7. The van der Waals surface area contributed by atoms with Crippen LogP contribution in [0.3, 0.4) is 0 Å². The lowest BCUT2D eigenvalue weighted by atomic mass is 10.1. The Kier molecular flexibility index (Phi) is 5.19. The molecule has 1 heterocycles. The molecule has 1 atom stereocenters. The average molecular weight is 271 g/mol. The molecule has 20 heavy (non-hydrogen) atoms. The van der Waals surface area contributed by atoms with E-state index in [9.17, 15) is 9.59 Å². The minimum atomic E-state index is -0.390. The lowest BCUT2D eigenvalue weighted by Gasteiger charge is -2.14. The van der Waals surface area contributed by atoms with Crippen molar-refractivity contribution in [3.05, 3.63) is 35.9 Å². The topological polar surface area (TPSA) is 46.6 Å². The number of carbonyl (C=O) groups excluding carboxylic acids is 2. The number of unbranched alkanes of at least 4 members (excludes halogenated alkanes) is 3. The number of amides is 1. The normalized spacial score (nSPS) is 17.3. The Morgan fingerprint density at radius 2 is 2.10 bits per heavy atom. The minimum Gasteiger partial charge on any atom is -0.446 e. The zero-order valence-electron chi connectivity index (χ0n) is 11.2. The summed E-state index contributed by atoms with van der Waals surface area (Å²) < 4.78 is 5.07. The smallest absolute Gasteiger partial charge is 0.422 e. The fraction of sp³-hybridized carbons (Fsp3) is 0.375. The second kappa shape index (κ2) is 7.34. The summed E-state index contributed by atoms with van der Waals surface area (Å²) in [6, 6.07) is 12.5. The number of nitrogens with zero attached hydrogens (tertiary/aromatic N) is 1. The van der Waals surface area contributed by atoms with Crippen molar-refractivity contribution < 1.29 is 14.3 Å². The third-order valence-corrected chi connectivity index (χ3v) is 3.13. The van der Waals surface area contributed by atoms with E-state index in [-0.39, 0.29) is 12.1 Å². The van der Waals surface area contributed by atoms with E-state index in [0.717, 1.165) is 24.7 Å². The molecule has 4 heteroatoms. The Hall–Kier alpha value is -2.28. The molecule has 0 bridgehead atoms. The van der Waals surface area contributed by atoms with Crippen LogP contribution in [0.2, 0.25) is 0 Å². The highest BCUT2D eigenvalue weighted by Crippen LogP contribution is 2.26. The Balaban J connectivity index is 1.96. The maximum absolute atomic E-state index is 11.7. The molecule has 0 spiro atoms. The monoisotopic (exact) mass is 271 g/mol. The van der Waals surface area contributed by atoms with Crippen molar-refractivity contribution in [1.29, 1.82) is 0 Å². The van der Waals surface area contributed by atoms with Crippen LogP contribution in [0.1, 0.15) is 37.3 Å². The number of hydrogen-bond donors (Lipinski definition) is 0. The molecular formula is C16H17NO3. The summed E-state index contributed by atoms with van der Waals surface area (Å²) in [7, 11) is 0. The van der Waals surface area contributed by atoms with Crippen LogP contribution in [0.4, 0.5) is 4.79 Å². The highest BCUT2D eigenvalue weighted by atomic mass is 16.6. The largest absolute Gasteiger partial charge is 0.446 e. The first-order valence-corrected chi connectivity index (χ1v) is 6.76. The van der Waals surface area contributed by atoms with Gasteiger partial charge >= 0.3 is 6.09 Å². The Labute approximate surface area is 118 Å². The van der Waals surface area contributed by atoms with Crippen LogP contribution in [-0.4, -0.2) is 23.9 Å². The highest BCUT2D eigenvalue weighted by molar-refractivity contribution is 5.72. The van der Waals surface area contributed by atoms with E-state index in [1.165, 1.54) is 4.90 Å². The number of ether oxygens (including phenoxy) is 1. The molecule has 1 saturated heterocycles. The highest BCUT2D eigenvalue weighted by Gasteiger charge is 2.33. The van der Waals surface area contributed by atoms with Gasteiger partial charge in [0.2, 0.25) is 0 Å². The predicted molar refractivity (Wildman–Crippen MR) is 74.7 cm³/mol. The molecule has 0 aliphatic carbocycles. The van der Waals surface area contributed by atoms with Crippen LogP contribution >= 0.6 is 0 Å². The summed E-state index contributed by atoms with van der Waals surface area (Å²) in [5.41, 5.74) is 1.02. The molecule has 0 radical (unpaired) electrons. The van der Waals surface area contributed by atoms with Crippen molar-refractivity contribution in [1.82, 2.24) is 4.90 Å². The lowest BCUT2D eigenvalue weighted by molar-refractivity contribution is -0.107. The number of cyclic esters (lactones) is 1. The van der Waals surface area contributed by atoms with Crippen LogP contribution in [-0.2, 0) is 9.53 Å². The quantitative estimate of drug-likeness (QED) is 0.470. The second-order valence-corrected chi connectivity index (χ2v) is 4.57. The number of aldehydes is 1. The van der Waals surface area contributed by atoms with Crippen molar-refractivity contribution in [3.8, 4) is 12.0 Å². The fourth-order valence-corrected chi connectivity index (χ4v) is 2.05. The molecule has 104 valence electrons. The van der Waals surface area contributed by atoms with Crippen LogP contribution in [0, 0.1) is 12.0 Å². The van der Waals surface area contributed by atoms with Gasteiger partial charge in [0, 0.05) is 18.9 Å². The van der Waals surface area contributed by atoms with Gasteiger partial charge in [-0.25, -0.2) is 9.69 Å². The Morgan fingerprint density at radius 3 is 2.85 bits per heavy atom. The Bertz CT molecular complexity index is 516. The van der Waals surface area contributed by atoms with Gasteiger partial charge in [0.15, 0.2) is 0 Å². The van der Waals surface area contributed by atoms with Crippen LogP contribution in [0.15, 0.2) is 30.3 Å². The van der Waals surface area contributed by atoms with Crippen molar-refractivity contribution in [2.45, 2.75) is 31.7 Å². The molecule has 4 nitrogen and oxygen atoms in total. The summed E-state index contributed by atoms with van der Waals surface area (Å²) in [5.74, 6) is 2.98. The van der Waals surface area contributed by atoms with Crippen LogP contribution in [0.25, 0.3) is 0 Å². The predicted octanol–water partition coefficient (Wildman–Crippen LogP) is 2.90. The minimum absolute atomic E-state index is 0.133. The first kappa shape index (κ1) is 14.1. The first-order valence-electron chi connectivity index (χ1n) is 6.76. The zero-order chi connectivity index (χ0) is 14.2. The van der Waals surface area contributed by atoms with Gasteiger partial charge in [0.1, 0.15) is 18.9 Å². The molecule has 1 fully saturated rings.